The lowest BCUT2D eigenvalue weighted by Gasteiger charge is -2.20. The maximum absolute atomic E-state index is 11.1. The lowest BCUT2D eigenvalue weighted by molar-refractivity contribution is -0.146. The summed E-state index contributed by atoms with van der Waals surface area (Å²) in [4.78, 5) is 11.1. The Bertz CT molecular complexity index is 404. The summed E-state index contributed by atoms with van der Waals surface area (Å²) in [5, 5.41) is 19.2. The lowest BCUT2D eigenvalue weighted by Crippen LogP contribution is -2.22. The van der Waals surface area contributed by atoms with Gasteiger partial charge in [0.2, 0.25) is 0 Å². The normalized spacial score (nSPS) is 14.4. The van der Waals surface area contributed by atoms with Crippen LogP contribution in [0.1, 0.15) is 37.0 Å². The number of aliphatic carboxylic acids is 1. The van der Waals surface area contributed by atoms with E-state index in [1.165, 1.54) is 0 Å². The summed E-state index contributed by atoms with van der Waals surface area (Å²) >= 11 is 3.36. The number of aliphatic hydroxyl groups excluding tert-OH is 1. The van der Waals surface area contributed by atoms with E-state index in [4.69, 9.17) is 5.11 Å². The van der Waals surface area contributed by atoms with Gasteiger partial charge in [0.15, 0.2) is 0 Å². The highest BCUT2D eigenvalue weighted by Crippen LogP contribution is 2.31. The molecule has 0 aliphatic carbocycles. The molecule has 17 heavy (non-hydrogen) atoms. The van der Waals surface area contributed by atoms with Crippen molar-refractivity contribution in [2.45, 2.75) is 32.8 Å². The standard InChI is InChI=1S/C13H17BrO3/c1-3-4-10(13(16)17)12(15)9-6-5-8(2)7-11(9)14/h5-7,10,12,15H,3-4H2,1-2H3,(H,16,17). The fourth-order valence-electron chi connectivity index (χ4n) is 1.82. The van der Waals surface area contributed by atoms with Crippen molar-refractivity contribution in [1.82, 2.24) is 0 Å². The fourth-order valence-corrected chi connectivity index (χ4v) is 2.54. The first-order valence-corrected chi connectivity index (χ1v) is 6.43. The van der Waals surface area contributed by atoms with Crippen molar-refractivity contribution in [1.29, 1.82) is 0 Å². The minimum atomic E-state index is -0.970. The number of carboxylic acid groups (broad SMARTS) is 1. The highest BCUT2D eigenvalue weighted by atomic mass is 79.9. The van der Waals surface area contributed by atoms with Gasteiger partial charge in [-0.3, -0.25) is 4.79 Å². The molecule has 2 unspecified atom stereocenters. The van der Waals surface area contributed by atoms with E-state index in [2.05, 4.69) is 15.9 Å². The minimum Gasteiger partial charge on any atom is -0.481 e. The molecule has 0 saturated heterocycles. The molecule has 0 amide bonds. The third-order valence-corrected chi connectivity index (χ3v) is 3.46. The van der Waals surface area contributed by atoms with Crippen molar-refractivity contribution in [2.24, 2.45) is 5.92 Å². The van der Waals surface area contributed by atoms with Crippen LogP contribution in [0.4, 0.5) is 0 Å². The number of halogens is 1. The van der Waals surface area contributed by atoms with E-state index in [-0.39, 0.29) is 0 Å². The predicted molar refractivity (Wildman–Crippen MR) is 69.9 cm³/mol. The molecule has 0 saturated carbocycles. The number of hydrogen-bond acceptors (Lipinski definition) is 2. The molecule has 94 valence electrons. The molecule has 0 aromatic heterocycles. The van der Waals surface area contributed by atoms with E-state index >= 15 is 0 Å². The van der Waals surface area contributed by atoms with Gasteiger partial charge >= 0.3 is 5.97 Å². The number of rotatable bonds is 5. The SMILES string of the molecule is CCCC(C(=O)O)C(O)c1ccc(C)cc1Br. The number of aliphatic hydroxyl groups is 1. The minimum absolute atomic E-state index is 0.469. The molecule has 0 bridgehead atoms. The first kappa shape index (κ1) is 14.2. The van der Waals surface area contributed by atoms with Gasteiger partial charge in [-0.15, -0.1) is 0 Å². The van der Waals surface area contributed by atoms with E-state index in [9.17, 15) is 9.90 Å². The molecule has 0 spiro atoms. The summed E-state index contributed by atoms with van der Waals surface area (Å²) in [6, 6.07) is 5.52. The molecule has 1 rings (SSSR count). The Morgan fingerprint density at radius 2 is 2.12 bits per heavy atom. The van der Waals surface area contributed by atoms with E-state index in [0.717, 1.165) is 16.5 Å². The van der Waals surface area contributed by atoms with E-state index in [1.807, 2.05) is 26.0 Å². The van der Waals surface area contributed by atoms with Gasteiger partial charge in [-0.25, -0.2) is 0 Å². The molecular formula is C13H17BrO3. The van der Waals surface area contributed by atoms with Crippen LogP contribution in [-0.2, 0) is 4.79 Å². The van der Waals surface area contributed by atoms with Crippen LogP contribution in [0.15, 0.2) is 22.7 Å². The molecule has 1 aromatic carbocycles. The van der Waals surface area contributed by atoms with Crippen LogP contribution in [0.3, 0.4) is 0 Å². The quantitative estimate of drug-likeness (QED) is 0.877. The van der Waals surface area contributed by atoms with Gasteiger partial charge in [-0.2, -0.15) is 0 Å². The largest absolute Gasteiger partial charge is 0.481 e. The summed E-state index contributed by atoms with van der Waals surface area (Å²) in [5.41, 5.74) is 1.70. The topological polar surface area (TPSA) is 57.5 Å². The number of carboxylic acids is 1. The zero-order valence-electron chi connectivity index (χ0n) is 9.98. The zero-order valence-corrected chi connectivity index (χ0v) is 11.6. The third-order valence-electron chi connectivity index (χ3n) is 2.77. The average molecular weight is 301 g/mol. The van der Waals surface area contributed by atoms with Crippen molar-refractivity contribution < 1.29 is 15.0 Å². The number of carbonyl (C=O) groups is 1. The highest BCUT2D eigenvalue weighted by molar-refractivity contribution is 9.10. The van der Waals surface area contributed by atoms with Crippen molar-refractivity contribution in [2.75, 3.05) is 0 Å². The number of benzene rings is 1. The smallest absolute Gasteiger partial charge is 0.309 e. The van der Waals surface area contributed by atoms with E-state index in [0.29, 0.717) is 12.0 Å². The summed E-state index contributed by atoms with van der Waals surface area (Å²) in [6.07, 6.45) is 0.233. The predicted octanol–water partition coefficient (Wildman–Crippen LogP) is 3.29. The molecule has 0 fully saturated rings. The molecule has 0 heterocycles. The summed E-state index contributed by atoms with van der Waals surface area (Å²) in [5.74, 6) is -1.70. The van der Waals surface area contributed by atoms with Crippen LogP contribution in [0.2, 0.25) is 0 Å². The van der Waals surface area contributed by atoms with Gasteiger partial charge in [0.05, 0.1) is 12.0 Å². The van der Waals surface area contributed by atoms with Crippen LogP contribution >= 0.6 is 15.9 Å². The lowest BCUT2D eigenvalue weighted by atomic mass is 9.91. The molecule has 2 atom stereocenters. The first-order valence-electron chi connectivity index (χ1n) is 5.64. The van der Waals surface area contributed by atoms with Crippen LogP contribution in [-0.4, -0.2) is 16.2 Å². The molecule has 3 nitrogen and oxygen atoms in total. The Morgan fingerprint density at radius 1 is 1.47 bits per heavy atom. The summed E-state index contributed by atoms with van der Waals surface area (Å²) in [7, 11) is 0. The van der Waals surface area contributed by atoms with Crippen LogP contribution in [0, 0.1) is 12.8 Å². The van der Waals surface area contributed by atoms with Crippen molar-refractivity contribution >= 4 is 21.9 Å². The van der Waals surface area contributed by atoms with Crippen LogP contribution < -0.4 is 0 Å². The maximum atomic E-state index is 11.1. The van der Waals surface area contributed by atoms with Gasteiger partial charge < -0.3 is 10.2 Å². The van der Waals surface area contributed by atoms with Crippen molar-refractivity contribution in [3.8, 4) is 0 Å². The molecular weight excluding hydrogens is 284 g/mol. The summed E-state index contributed by atoms with van der Waals surface area (Å²) in [6.45, 7) is 3.86. The third kappa shape index (κ3) is 3.54. The first-order chi connectivity index (χ1) is 7.97. The Kier molecular flexibility index (Phi) is 5.15. The van der Waals surface area contributed by atoms with Gasteiger partial charge in [-0.05, 0) is 30.5 Å². The zero-order chi connectivity index (χ0) is 13.0. The molecule has 4 heteroatoms. The summed E-state index contributed by atoms with van der Waals surface area (Å²) < 4.78 is 0.757. The Morgan fingerprint density at radius 3 is 2.59 bits per heavy atom. The number of aryl methyl sites for hydroxylation is 1. The molecule has 0 radical (unpaired) electrons. The average Bonchev–Trinajstić information content (AvgIpc) is 2.24. The highest BCUT2D eigenvalue weighted by Gasteiger charge is 2.28. The maximum Gasteiger partial charge on any atom is 0.309 e. The van der Waals surface area contributed by atoms with Crippen LogP contribution in [0.25, 0.3) is 0 Å². The van der Waals surface area contributed by atoms with Gasteiger partial charge in [0.25, 0.3) is 0 Å². The number of hydrogen-bond donors (Lipinski definition) is 2. The molecule has 0 aliphatic rings. The Hall–Kier alpha value is -0.870. The second-order valence-electron chi connectivity index (χ2n) is 4.20. The van der Waals surface area contributed by atoms with Gasteiger partial charge in [0, 0.05) is 4.47 Å². The van der Waals surface area contributed by atoms with Gasteiger partial charge in [0.1, 0.15) is 0 Å². The van der Waals surface area contributed by atoms with Crippen molar-refractivity contribution in [3.05, 3.63) is 33.8 Å². The van der Waals surface area contributed by atoms with E-state index < -0.39 is 18.0 Å². The van der Waals surface area contributed by atoms with Gasteiger partial charge in [-0.1, -0.05) is 41.4 Å². The van der Waals surface area contributed by atoms with E-state index in [1.54, 1.807) is 6.07 Å². The molecule has 2 N–H and O–H groups in total. The van der Waals surface area contributed by atoms with Crippen molar-refractivity contribution in [3.63, 3.8) is 0 Å². The Labute approximate surface area is 110 Å². The Balaban J connectivity index is 3.00. The second kappa shape index (κ2) is 6.17. The fraction of sp³-hybridized carbons (Fsp3) is 0.462. The monoisotopic (exact) mass is 300 g/mol. The second-order valence-corrected chi connectivity index (χ2v) is 5.06. The molecule has 0 aliphatic heterocycles. The van der Waals surface area contributed by atoms with Crippen LogP contribution in [0.5, 0.6) is 0 Å². The molecule has 1 aromatic rings.